The molecule has 1 aromatic carbocycles. The number of nitrogens with two attached hydrogens (primary N) is 1. The number of aromatic nitrogens is 2. The molecule has 0 aliphatic carbocycles. The van der Waals surface area contributed by atoms with E-state index in [0.717, 1.165) is 0 Å². The van der Waals surface area contributed by atoms with Gasteiger partial charge in [0.15, 0.2) is 0 Å². The molecule has 0 bridgehead atoms. The molecule has 1 heterocycles. The van der Waals surface area contributed by atoms with Gasteiger partial charge in [-0.1, -0.05) is 5.16 Å². The molecule has 2 N–H and O–H groups in total. The molecule has 0 unspecified atom stereocenters. The second-order valence-corrected chi connectivity index (χ2v) is 3.76. The Morgan fingerprint density at radius 3 is 2.74 bits per heavy atom. The van der Waals surface area contributed by atoms with Gasteiger partial charge in [-0.2, -0.15) is 4.98 Å². The first kappa shape index (κ1) is 13.4. The Morgan fingerprint density at radius 2 is 2.16 bits per heavy atom. The van der Waals surface area contributed by atoms with Gasteiger partial charge in [0.25, 0.3) is 0 Å². The monoisotopic (exact) mass is 267 g/mol. The fraction of sp³-hybridized carbons (Fsp3) is 0.333. The number of benzene rings is 1. The SMILES string of the molecule is COCc1c(F)ccc(-c2noc(CN)n2)c1OC. The Hall–Kier alpha value is -1.99. The van der Waals surface area contributed by atoms with E-state index in [9.17, 15) is 4.39 Å². The predicted octanol–water partition coefficient (Wildman–Crippen LogP) is 1.49. The van der Waals surface area contributed by atoms with E-state index < -0.39 is 5.82 Å². The van der Waals surface area contributed by atoms with E-state index in [4.69, 9.17) is 19.7 Å². The van der Waals surface area contributed by atoms with E-state index in [1.165, 1.54) is 26.4 Å². The molecule has 0 radical (unpaired) electrons. The van der Waals surface area contributed by atoms with Crippen molar-refractivity contribution in [3.8, 4) is 17.1 Å². The molecule has 0 aliphatic heterocycles. The molecular weight excluding hydrogens is 253 g/mol. The molecule has 0 aliphatic rings. The molecule has 1 aromatic heterocycles. The van der Waals surface area contributed by atoms with Crippen molar-refractivity contribution in [2.75, 3.05) is 14.2 Å². The third kappa shape index (κ3) is 2.56. The number of nitrogens with zero attached hydrogens (tertiary/aromatic N) is 2. The van der Waals surface area contributed by atoms with Crippen LogP contribution in [0.15, 0.2) is 16.7 Å². The zero-order valence-corrected chi connectivity index (χ0v) is 10.6. The molecule has 0 saturated carbocycles. The number of hydrogen-bond acceptors (Lipinski definition) is 6. The van der Waals surface area contributed by atoms with E-state index in [-0.39, 0.29) is 13.2 Å². The Bertz CT molecular complexity index is 571. The van der Waals surface area contributed by atoms with E-state index in [1.54, 1.807) is 0 Å². The Labute approximate surface area is 109 Å². The number of methoxy groups -OCH3 is 2. The van der Waals surface area contributed by atoms with Crippen LogP contribution in [0.4, 0.5) is 4.39 Å². The van der Waals surface area contributed by atoms with E-state index in [2.05, 4.69) is 10.1 Å². The van der Waals surface area contributed by atoms with Crippen LogP contribution in [0.3, 0.4) is 0 Å². The summed E-state index contributed by atoms with van der Waals surface area (Å²) in [6, 6.07) is 2.84. The van der Waals surface area contributed by atoms with Gasteiger partial charge in [-0.25, -0.2) is 4.39 Å². The Balaban J connectivity index is 2.53. The summed E-state index contributed by atoms with van der Waals surface area (Å²) < 4.78 is 28.9. The second-order valence-electron chi connectivity index (χ2n) is 3.76. The van der Waals surface area contributed by atoms with Crippen molar-refractivity contribution in [1.82, 2.24) is 10.1 Å². The lowest BCUT2D eigenvalue weighted by Gasteiger charge is -2.11. The summed E-state index contributed by atoms with van der Waals surface area (Å²) in [6.45, 7) is 0.228. The third-order valence-electron chi connectivity index (χ3n) is 2.58. The summed E-state index contributed by atoms with van der Waals surface area (Å²) >= 11 is 0. The summed E-state index contributed by atoms with van der Waals surface area (Å²) in [5.41, 5.74) is 6.24. The first-order valence-corrected chi connectivity index (χ1v) is 5.58. The summed E-state index contributed by atoms with van der Waals surface area (Å²) in [6.07, 6.45) is 0. The number of hydrogen-bond donors (Lipinski definition) is 1. The highest BCUT2D eigenvalue weighted by atomic mass is 19.1. The van der Waals surface area contributed by atoms with Crippen molar-refractivity contribution in [1.29, 1.82) is 0 Å². The highest BCUT2D eigenvalue weighted by Crippen LogP contribution is 2.33. The van der Waals surface area contributed by atoms with Gasteiger partial charge in [0, 0.05) is 7.11 Å². The predicted molar refractivity (Wildman–Crippen MR) is 64.8 cm³/mol. The molecule has 2 aromatic rings. The first-order valence-electron chi connectivity index (χ1n) is 5.58. The lowest BCUT2D eigenvalue weighted by atomic mass is 10.1. The molecule has 0 saturated heterocycles. The topological polar surface area (TPSA) is 83.4 Å². The second kappa shape index (κ2) is 5.77. The lowest BCUT2D eigenvalue weighted by Crippen LogP contribution is -2.01. The van der Waals surface area contributed by atoms with E-state index in [1.807, 2.05) is 0 Å². The molecule has 2 rings (SSSR count). The van der Waals surface area contributed by atoms with Gasteiger partial charge in [-0.3, -0.25) is 0 Å². The van der Waals surface area contributed by atoms with Crippen LogP contribution in [0.2, 0.25) is 0 Å². The largest absolute Gasteiger partial charge is 0.495 e. The zero-order valence-electron chi connectivity index (χ0n) is 10.6. The minimum Gasteiger partial charge on any atom is -0.495 e. The van der Waals surface area contributed by atoms with Gasteiger partial charge in [0.1, 0.15) is 11.6 Å². The van der Waals surface area contributed by atoms with Crippen LogP contribution in [0.25, 0.3) is 11.4 Å². The van der Waals surface area contributed by atoms with Crippen molar-refractivity contribution in [2.24, 2.45) is 5.73 Å². The van der Waals surface area contributed by atoms with Crippen molar-refractivity contribution in [3.63, 3.8) is 0 Å². The van der Waals surface area contributed by atoms with E-state index in [0.29, 0.717) is 28.6 Å². The average Bonchev–Trinajstić information content (AvgIpc) is 2.89. The third-order valence-corrected chi connectivity index (χ3v) is 2.58. The van der Waals surface area contributed by atoms with Crippen LogP contribution < -0.4 is 10.5 Å². The first-order chi connectivity index (χ1) is 9.21. The standard InChI is InChI=1S/C12H14FN3O3/c1-17-6-8-9(13)4-3-7(11(8)18-2)12-15-10(5-14)19-16-12/h3-4H,5-6,14H2,1-2H3. The molecular formula is C12H14FN3O3. The maximum Gasteiger partial charge on any atom is 0.240 e. The summed E-state index contributed by atoms with van der Waals surface area (Å²) in [5.74, 6) is 0.514. The molecule has 19 heavy (non-hydrogen) atoms. The van der Waals surface area contributed by atoms with Crippen molar-refractivity contribution in [2.45, 2.75) is 13.2 Å². The van der Waals surface area contributed by atoms with Crippen molar-refractivity contribution < 1.29 is 18.4 Å². The zero-order chi connectivity index (χ0) is 13.8. The summed E-state index contributed by atoms with van der Waals surface area (Å²) in [4.78, 5) is 4.09. The van der Waals surface area contributed by atoms with Crippen LogP contribution >= 0.6 is 0 Å². The summed E-state index contributed by atoms with van der Waals surface area (Å²) in [5, 5.41) is 3.79. The van der Waals surface area contributed by atoms with Gasteiger partial charge >= 0.3 is 0 Å². The molecule has 6 nitrogen and oxygen atoms in total. The smallest absolute Gasteiger partial charge is 0.240 e. The summed E-state index contributed by atoms with van der Waals surface area (Å²) in [7, 11) is 2.92. The normalized spacial score (nSPS) is 10.7. The molecule has 0 amide bonds. The molecule has 0 atom stereocenters. The van der Waals surface area contributed by atoms with Crippen LogP contribution in [0.1, 0.15) is 11.5 Å². The maximum absolute atomic E-state index is 13.7. The lowest BCUT2D eigenvalue weighted by molar-refractivity contribution is 0.178. The minimum atomic E-state index is -0.412. The highest BCUT2D eigenvalue weighted by Gasteiger charge is 2.19. The van der Waals surface area contributed by atoms with Crippen LogP contribution in [0.5, 0.6) is 5.75 Å². The van der Waals surface area contributed by atoms with E-state index >= 15 is 0 Å². The van der Waals surface area contributed by atoms with Gasteiger partial charge in [0.05, 0.1) is 31.4 Å². The van der Waals surface area contributed by atoms with Crippen LogP contribution in [0, 0.1) is 5.82 Å². The van der Waals surface area contributed by atoms with Gasteiger partial charge in [-0.15, -0.1) is 0 Å². The van der Waals surface area contributed by atoms with Crippen LogP contribution in [-0.4, -0.2) is 24.4 Å². The van der Waals surface area contributed by atoms with Gasteiger partial charge in [-0.05, 0) is 12.1 Å². The van der Waals surface area contributed by atoms with Gasteiger partial charge < -0.3 is 19.7 Å². The quantitative estimate of drug-likeness (QED) is 0.883. The number of ether oxygens (including phenoxy) is 2. The molecule has 7 heteroatoms. The molecule has 0 fully saturated rings. The Kier molecular flexibility index (Phi) is 4.08. The van der Waals surface area contributed by atoms with Gasteiger partial charge in [0.2, 0.25) is 11.7 Å². The fourth-order valence-corrected chi connectivity index (χ4v) is 1.74. The van der Waals surface area contributed by atoms with Crippen molar-refractivity contribution >= 4 is 0 Å². The van der Waals surface area contributed by atoms with Crippen LogP contribution in [-0.2, 0) is 17.9 Å². The highest BCUT2D eigenvalue weighted by molar-refractivity contribution is 5.66. The number of halogens is 1. The molecule has 102 valence electrons. The fourth-order valence-electron chi connectivity index (χ4n) is 1.74. The molecule has 0 spiro atoms. The number of rotatable bonds is 5. The maximum atomic E-state index is 13.7. The van der Waals surface area contributed by atoms with Crippen molar-refractivity contribution in [3.05, 3.63) is 29.4 Å². The average molecular weight is 267 g/mol. The Morgan fingerprint density at radius 1 is 1.37 bits per heavy atom. The minimum absolute atomic E-state index is 0.0877.